The molecule has 0 aromatic heterocycles. The highest BCUT2D eigenvalue weighted by Gasteiger charge is 1.80. The zero-order valence-electron chi connectivity index (χ0n) is 7.06. The topological polar surface area (TPSA) is 0 Å². The molecule has 0 heteroatoms. The summed E-state index contributed by atoms with van der Waals surface area (Å²) in [5.74, 6) is 0. The van der Waals surface area contributed by atoms with E-state index in [1.807, 2.05) is 6.08 Å². The molecular weight excluding hydrogens is 120 g/mol. The van der Waals surface area contributed by atoms with E-state index in [-0.39, 0.29) is 0 Å². The number of hydrogen-bond acceptors (Lipinski definition) is 0. The van der Waals surface area contributed by atoms with Gasteiger partial charge in [0.25, 0.3) is 0 Å². The number of rotatable bonds is 4. The zero-order valence-corrected chi connectivity index (χ0v) is 7.06. The molecule has 0 amide bonds. The van der Waals surface area contributed by atoms with E-state index in [9.17, 15) is 0 Å². The Hall–Kier alpha value is -0.520. The number of allylic oxidation sites excluding steroid dienone is 4. The van der Waals surface area contributed by atoms with E-state index in [0.29, 0.717) is 0 Å². The average molecular weight is 137 g/mol. The van der Waals surface area contributed by atoms with Crippen molar-refractivity contribution < 1.29 is 0 Å². The van der Waals surface area contributed by atoms with Crippen LogP contribution in [0.3, 0.4) is 0 Å². The molecule has 0 saturated heterocycles. The molecule has 0 rings (SSSR count). The quantitative estimate of drug-likeness (QED) is 0.411. The summed E-state index contributed by atoms with van der Waals surface area (Å²) < 4.78 is 0. The maximum atomic E-state index is 3.62. The maximum absolute atomic E-state index is 3.62. The lowest BCUT2D eigenvalue weighted by Crippen LogP contribution is -1.70. The van der Waals surface area contributed by atoms with E-state index in [4.69, 9.17) is 0 Å². The van der Waals surface area contributed by atoms with Gasteiger partial charge >= 0.3 is 0 Å². The fourth-order valence-electron chi connectivity index (χ4n) is 0.744. The van der Waals surface area contributed by atoms with Gasteiger partial charge in [-0.1, -0.05) is 23.8 Å². The lowest BCUT2D eigenvalue weighted by Gasteiger charge is -1.90. The first-order chi connectivity index (χ1) is 4.77. The lowest BCUT2D eigenvalue weighted by molar-refractivity contribution is 0.862. The van der Waals surface area contributed by atoms with Crippen molar-refractivity contribution in [2.24, 2.45) is 0 Å². The molecule has 57 valence electrons. The van der Waals surface area contributed by atoms with Crippen LogP contribution in [0, 0.1) is 6.92 Å². The van der Waals surface area contributed by atoms with Crippen LogP contribution in [-0.4, -0.2) is 0 Å². The molecule has 0 N–H and O–H groups in total. The Morgan fingerprint density at radius 1 is 1.30 bits per heavy atom. The lowest BCUT2D eigenvalue weighted by atomic mass is 10.2. The van der Waals surface area contributed by atoms with Crippen molar-refractivity contribution in [3.05, 3.63) is 30.7 Å². The Bertz CT molecular complexity index is 114. The van der Waals surface area contributed by atoms with E-state index in [1.165, 1.54) is 18.4 Å². The van der Waals surface area contributed by atoms with Crippen LogP contribution in [0.25, 0.3) is 0 Å². The van der Waals surface area contributed by atoms with E-state index in [0.717, 1.165) is 6.42 Å². The maximum Gasteiger partial charge on any atom is -0.0316 e. The summed E-state index contributed by atoms with van der Waals surface area (Å²) in [5.41, 5.74) is 1.42. The minimum atomic E-state index is 1.16. The fourth-order valence-corrected chi connectivity index (χ4v) is 0.744. The van der Waals surface area contributed by atoms with Gasteiger partial charge < -0.3 is 0 Å². The molecular formula is C10H17. The third-order valence-electron chi connectivity index (χ3n) is 1.29. The first kappa shape index (κ1) is 9.48. The molecule has 0 aliphatic heterocycles. The van der Waals surface area contributed by atoms with Crippen molar-refractivity contribution >= 4 is 0 Å². The molecule has 10 heavy (non-hydrogen) atoms. The van der Waals surface area contributed by atoms with Gasteiger partial charge in [-0.05, 0) is 40.0 Å². The highest BCUT2D eigenvalue weighted by atomic mass is 13.9. The van der Waals surface area contributed by atoms with Crippen LogP contribution in [0.2, 0.25) is 0 Å². The van der Waals surface area contributed by atoms with Gasteiger partial charge in [0.05, 0.1) is 0 Å². The van der Waals surface area contributed by atoms with Gasteiger partial charge in [-0.3, -0.25) is 0 Å². The highest BCUT2D eigenvalue weighted by Crippen LogP contribution is 2.00. The largest absolute Gasteiger partial charge is 0.0885 e. The van der Waals surface area contributed by atoms with Crippen molar-refractivity contribution in [1.82, 2.24) is 0 Å². The van der Waals surface area contributed by atoms with Gasteiger partial charge in [-0.25, -0.2) is 0 Å². The second-order valence-corrected chi connectivity index (χ2v) is 2.68. The Labute approximate surface area is 64.6 Å². The van der Waals surface area contributed by atoms with E-state index in [1.54, 1.807) is 0 Å². The van der Waals surface area contributed by atoms with Crippen molar-refractivity contribution in [2.45, 2.75) is 33.1 Å². The van der Waals surface area contributed by atoms with E-state index >= 15 is 0 Å². The number of hydrogen-bond donors (Lipinski definition) is 0. The van der Waals surface area contributed by atoms with Crippen LogP contribution in [0.15, 0.2) is 23.8 Å². The first-order valence-corrected chi connectivity index (χ1v) is 3.85. The molecule has 0 saturated carbocycles. The third-order valence-corrected chi connectivity index (χ3v) is 1.29. The van der Waals surface area contributed by atoms with Crippen LogP contribution in [0.1, 0.15) is 33.1 Å². The molecule has 0 unspecified atom stereocenters. The van der Waals surface area contributed by atoms with Crippen molar-refractivity contribution in [3.8, 4) is 0 Å². The summed E-state index contributed by atoms with van der Waals surface area (Å²) >= 11 is 0. The molecule has 0 aliphatic rings. The second-order valence-electron chi connectivity index (χ2n) is 2.68. The van der Waals surface area contributed by atoms with Crippen LogP contribution in [0.4, 0.5) is 0 Å². The number of unbranched alkanes of at least 4 members (excludes halogenated alkanes) is 2. The molecule has 0 nitrogen and oxygen atoms in total. The minimum absolute atomic E-state index is 1.16. The molecule has 0 fully saturated rings. The average Bonchev–Trinajstić information content (AvgIpc) is 1.87. The standard InChI is InChI=1S/C10H17/c1-4-5-6-7-8-9-10(2)3/h4-5,9H,1,6-8H2,2-3H3. The highest BCUT2D eigenvalue weighted by molar-refractivity contribution is 4.93. The van der Waals surface area contributed by atoms with Gasteiger partial charge in [0.15, 0.2) is 0 Å². The molecule has 0 spiro atoms. The molecule has 0 aromatic rings. The molecule has 0 aliphatic carbocycles. The Kier molecular flexibility index (Phi) is 6.25. The smallest absolute Gasteiger partial charge is 0.0316 e. The minimum Gasteiger partial charge on any atom is -0.0885 e. The molecule has 1 radical (unpaired) electrons. The van der Waals surface area contributed by atoms with Crippen molar-refractivity contribution in [1.29, 1.82) is 0 Å². The van der Waals surface area contributed by atoms with Crippen molar-refractivity contribution in [2.75, 3.05) is 0 Å². The second kappa shape index (κ2) is 6.60. The summed E-state index contributed by atoms with van der Waals surface area (Å²) in [6.45, 7) is 7.89. The molecule has 0 atom stereocenters. The van der Waals surface area contributed by atoms with Crippen LogP contribution in [0.5, 0.6) is 0 Å². The predicted octanol–water partition coefficient (Wildman–Crippen LogP) is 3.51. The first-order valence-electron chi connectivity index (χ1n) is 3.85. The van der Waals surface area contributed by atoms with Gasteiger partial charge in [0.1, 0.15) is 0 Å². The van der Waals surface area contributed by atoms with Gasteiger partial charge in [-0.2, -0.15) is 0 Å². The van der Waals surface area contributed by atoms with Gasteiger partial charge in [-0.15, -0.1) is 0 Å². The summed E-state index contributed by atoms with van der Waals surface area (Å²) in [6, 6.07) is 0. The van der Waals surface area contributed by atoms with Crippen LogP contribution < -0.4 is 0 Å². The zero-order chi connectivity index (χ0) is 7.82. The summed E-state index contributed by atoms with van der Waals surface area (Å²) in [7, 11) is 0. The summed E-state index contributed by atoms with van der Waals surface area (Å²) in [6.07, 6.45) is 9.86. The fraction of sp³-hybridized carbons (Fsp3) is 0.500. The van der Waals surface area contributed by atoms with Crippen LogP contribution in [-0.2, 0) is 0 Å². The molecule has 0 aromatic carbocycles. The predicted molar refractivity (Wildman–Crippen MR) is 47.8 cm³/mol. The molecule has 0 bridgehead atoms. The van der Waals surface area contributed by atoms with E-state index in [2.05, 4.69) is 32.9 Å². The third kappa shape index (κ3) is 7.48. The normalized spacial score (nSPS) is 10.3. The SMILES string of the molecule is [CH2]C=CCCCC=C(C)C. The summed E-state index contributed by atoms with van der Waals surface area (Å²) in [4.78, 5) is 0. The Morgan fingerprint density at radius 3 is 2.50 bits per heavy atom. The monoisotopic (exact) mass is 137 g/mol. The van der Waals surface area contributed by atoms with Crippen LogP contribution >= 0.6 is 0 Å². The van der Waals surface area contributed by atoms with E-state index < -0.39 is 0 Å². The van der Waals surface area contributed by atoms with Gasteiger partial charge in [0.2, 0.25) is 0 Å². The van der Waals surface area contributed by atoms with Gasteiger partial charge in [0, 0.05) is 0 Å². The Morgan fingerprint density at radius 2 is 2.00 bits per heavy atom. The molecule has 0 heterocycles. The Balaban J connectivity index is 3.13. The summed E-state index contributed by atoms with van der Waals surface area (Å²) in [5, 5.41) is 0. The van der Waals surface area contributed by atoms with Crippen molar-refractivity contribution in [3.63, 3.8) is 0 Å².